The maximum Gasteiger partial charge on any atom is 0.161 e. The van der Waals surface area contributed by atoms with E-state index in [9.17, 15) is 6.48 Å². The molecule has 1 saturated heterocycles. The topological polar surface area (TPSA) is 41.9 Å². The van der Waals surface area contributed by atoms with Gasteiger partial charge in [0.05, 0.1) is 28.5 Å². The zero-order chi connectivity index (χ0) is 34.8. The second kappa shape index (κ2) is 6.57. The zero-order valence-corrected chi connectivity index (χ0v) is 13.1. The van der Waals surface area contributed by atoms with Crippen LogP contribution in [0, 0.1) is 11.3 Å². The Kier molecular flexibility index (Phi) is 1.47. The largest absolute Gasteiger partial charge is 0.493 e. The van der Waals surface area contributed by atoms with E-state index in [0.29, 0.717) is 6.92 Å². The molecule has 0 bridgehead atoms. The average Bonchev–Trinajstić information content (AvgIpc) is 2.75. The van der Waals surface area contributed by atoms with Gasteiger partial charge in [0.15, 0.2) is 11.5 Å². The van der Waals surface area contributed by atoms with Gasteiger partial charge in [-0.3, -0.25) is 4.90 Å². The first-order chi connectivity index (χ1) is 19.2. The highest BCUT2D eigenvalue weighted by Gasteiger charge is 2.39. The van der Waals surface area contributed by atoms with Crippen molar-refractivity contribution < 1.29 is 42.0 Å². The summed E-state index contributed by atoms with van der Waals surface area (Å²) in [5.41, 5.74) is -5.43. The lowest BCUT2D eigenvalue weighted by molar-refractivity contribution is -0.0259. The number of hydrogen-bond acceptors (Lipinski definition) is 4. The van der Waals surface area contributed by atoms with Gasteiger partial charge < -0.3 is 14.6 Å². The third-order valence-electron chi connectivity index (χ3n) is 3.59. The molecule has 24 heavy (non-hydrogen) atoms. The Morgan fingerprint density at radius 3 is 3.00 bits per heavy atom. The van der Waals surface area contributed by atoms with E-state index in [-0.39, 0.29) is 4.90 Å². The molecule has 4 heteroatoms. The Labute approximate surface area is 173 Å². The third-order valence-corrected chi connectivity index (χ3v) is 3.59. The van der Waals surface area contributed by atoms with Crippen LogP contribution >= 0.6 is 0 Å². The summed E-state index contributed by atoms with van der Waals surface area (Å²) in [5.74, 6) is -4.57. The SMILES string of the molecule is [2H]c1c(OC)c(OC([2H])([2H])[2H])c([2H])c2c1C1([2H])CC(O)C(C([2H])([2H])C(C)(C([2H])([2H])[2H])C([2H])([2H])[2H])C([2H])([2H])N1C([2H])([2H])C2([2H])[2H]. The van der Waals surface area contributed by atoms with Crippen LogP contribution in [0.15, 0.2) is 12.1 Å². The monoisotopic (exact) mass is 353 g/mol. The summed E-state index contributed by atoms with van der Waals surface area (Å²) >= 11 is 0. The molecule has 3 atom stereocenters. The quantitative estimate of drug-likeness (QED) is 0.904. The summed E-state index contributed by atoms with van der Waals surface area (Å²) in [6.45, 7) is -14.3. The highest BCUT2D eigenvalue weighted by molar-refractivity contribution is 5.49. The molecule has 2 aliphatic rings. The lowest BCUT2D eigenvalue weighted by Crippen LogP contribution is -2.48. The van der Waals surface area contributed by atoms with Gasteiger partial charge in [-0.2, -0.15) is 0 Å². The molecule has 0 spiro atoms. The minimum atomic E-state index is -3.77. The van der Waals surface area contributed by atoms with Gasteiger partial charge in [0, 0.05) is 38.2 Å². The predicted molar refractivity (Wildman–Crippen MR) is 95.7 cm³/mol. The molecule has 0 amide bonds. The molecule has 1 N–H and O–H groups in total. The minimum absolute atomic E-state index is 0.134. The molecular formula is C20H31NO3. The average molecular weight is 354 g/mol. The van der Waals surface area contributed by atoms with Crippen LogP contribution in [0.2, 0.25) is 0 Å². The molecule has 2 heterocycles. The lowest BCUT2D eigenvalue weighted by Gasteiger charge is -2.47. The smallest absolute Gasteiger partial charge is 0.161 e. The molecule has 2 aliphatic heterocycles. The normalized spacial score (nSPS) is 51.1. The maximum atomic E-state index is 11.3. The van der Waals surface area contributed by atoms with E-state index in [4.69, 9.17) is 35.5 Å². The Balaban J connectivity index is 2.49. The van der Waals surface area contributed by atoms with E-state index in [1.165, 1.54) is 0 Å². The summed E-state index contributed by atoms with van der Waals surface area (Å²) in [6, 6.07) is -5.25. The minimum Gasteiger partial charge on any atom is -0.493 e. The first-order valence-corrected chi connectivity index (χ1v) is 7.12. The van der Waals surface area contributed by atoms with E-state index >= 15 is 0 Å². The Morgan fingerprint density at radius 2 is 2.29 bits per heavy atom. The summed E-state index contributed by atoms with van der Waals surface area (Å²) in [6.07, 6.45) is -11.0. The molecule has 0 aliphatic carbocycles. The van der Waals surface area contributed by atoms with Gasteiger partial charge in [-0.25, -0.2) is 0 Å². The lowest BCUT2D eigenvalue weighted by atomic mass is 9.75. The molecule has 1 aromatic rings. The number of benzene rings is 1. The van der Waals surface area contributed by atoms with Crippen LogP contribution in [0.5, 0.6) is 11.5 Å². The van der Waals surface area contributed by atoms with Crippen molar-refractivity contribution in [3.8, 4) is 11.5 Å². The van der Waals surface area contributed by atoms with Gasteiger partial charge in [-0.1, -0.05) is 20.6 Å². The summed E-state index contributed by atoms with van der Waals surface area (Å²) in [4.78, 5) is -0.134. The first-order valence-electron chi connectivity index (χ1n) is 17.1. The fourth-order valence-corrected chi connectivity index (χ4v) is 2.57. The van der Waals surface area contributed by atoms with Crippen molar-refractivity contribution in [2.45, 2.75) is 51.9 Å². The predicted octanol–water partition coefficient (Wildman–Crippen LogP) is 3.42. The van der Waals surface area contributed by atoms with Gasteiger partial charge in [-0.15, -0.1) is 0 Å². The van der Waals surface area contributed by atoms with Gasteiger partial charge in [0.2, 0.25) is 0 Å². The van der Waals surface area contributed by atoms with E-state index in [2.05, 4.69) is 0 Å². The van der Waals surface area contributed by atoms with Crippen LogP contribution in [-0.2, 0) is 6.37 Å². The molecule has 0 saturated carbocycles. The second-order valence-corrected chi connectivity index (χ2v) is 5.63. The Hall–Kier alpha value is -1.26. The molecule has 1 aromatic carbocycles. The molecule has 3 rings (SSSR count). The summed E-state index contributed by atoms with van der Waals surface area (Å²) in [7, 11) is -2.36. The van der Waals surface area contributed by atoms with Crippen LogP contribution in [0.4, 0.5) is 0 Å². The van der Waals surface area contributed by atoms with Crippen molar-refractivity contribution in [3.05, 3.63) is 23.2 Å². The fourth-order valence-electron chi connectivity index (χ4n) is 2.57. The zero-order valence-electron chi connectivity index (χ0n) is 33.1. The van der Waals surface area contributed by atoms with Crippen LogP contribution < -0.4 is 9.47 Å². The van der Waals surface area contributed by atoms with Crippen LogP contribution in [-0.4, -0.2) is 43.3 Å². The van der Waals surface area contributed by atoms with Gasteiger partial charge in [0.25, 0.3) is 0 Å². The highest BCUT2D eigenvalue weighted by atomic mass is 16.5. The Morgan fingerprint density at radius 1 is 1.50 bits per heavy atom. The van der Waals surface area contributed by atoms with E-state index in [1.54, 1.807) is 0 Å². The number of aliphatic hydroxyl groups excluding tert-OH is 1. The number of piperidine rings is 1. The number of fused-ring (bicyclic) bond motifs is 3. The van der Waals surface area contributed by atoms with Crippen molar-refractivity contribution >= 4 is 0 Å². The summed E-state index contributed by atoms with van der Waals surface area (Å²) < 4.78 is 176. The van der Waals surface area contributed by atoms with E-state index in [0.717, 1.165) is 7.11 Å². The van der Waals surface area contributed by atoms with Crippen molar-refractivity contribution in [2.24, 2.45) is 11.3 Å². The Bertz CT molecular complexity index is 1300. The standard InChI is InChI=1S/C20H31NO3/c1-20(2,3)11-14-12-21-7-6-13-8-18(23-4)19(24-5)9-15(13)16(21)10-17(14)22/h8-9,14,16-17,22H,6-7,10-12H2,1-5H3/i1D3,2D3,4D3,6D2,7D2,8D,9D,11D2,12D2,16D. The number of hydrogen-bond donors (Lipinski definition) is 1. The van der Waals surface area contributed by atoms with E-state index in [1.807, 2.05) is 0 Å². The molecular weight excluding hydrogens is 302 g/mol. The fraction of sp³-hybridized carbons (Fsp3) is 0.700. The van der Waals surface area contributed by atoms with Gasteiger partial charge in [-0.05, 0) is 53.7 Å². The van der Waals surface area contributed by atoms with Crippen molar-refractivity contribution in [3.63, 3.8) is 0 Å². The molecule has 0 radical (unpaired) electrons. The van der Waals surface area contributed by atoms with Crippen LogP contribution in [0.25, 0.3) is 0 Å². The number of nitrogens with zero attached hydrogens (tertiary/aromatic N) is 1. The molecule has 4 nitrogen and oxygen atoms in total. The third kappa shape index (κ3) is 3.40. The number of rotatable bonds is 3. The number of methoxy groups -OCH3 is 2. The van der Waals surface area contributed by atoms with Gasteiger partial charge in [0.1, 0.15) is 0 Å². The summed E-state index contributed by atoms with van der Waals surface area (Å²) in [5, 5.41) is 11.3. The maximum absolute atomic E-state index is 11.3. The van der Waals surface area contributed by atoms with Crippen molar-refractivity contribution in [2.75, 3.05) is 27.1 Å². The number of aliphatic hydroxyl groups is 1. The van der Waals surface area contributed by atoms with Crippen molar-refractivity contribution in [1.82, 2.24) is 4.90 Å². The molecule has 134 valence electrons. The van der Waals surface area contributed by atoms with Gasteiger partial charge >= 0.3 is 0 Å². The van der Waals surface area contributed by atoms with Crippen LogP contribution in [0.1, 0.15) is 78.0 Å². The molecule has 1 fully saturated rings. The molecule has 3 unspecified atom stereocenters. The second-order valence-electron chi connectivity index (χ2n) is 5.63. The highest BCUT2D eigenvalue weighted by Crippen LogP contribution is 2.44. The first kappa shape index (κ1) is 5.37. The van der Waals surface area contributed by atoms with Crippen molar-refractivity contribution in [1.29, 1.82) is 0 Å². The molecule has 0 aromatic heterocycles. The van der Waals surface area contributed by atoms with E-state index < -0.39 is 111 Å². The van der Waals surface area contributed by atoms with Crippen LogP contribution in [0.3, 0.4) is 0 Å². The number of ether oxygens (including phenoxy) is 2.